The van der Waals surface area contributed by atoms with Crippen molar-refractivity contribution < 1.29 is 4.74 Å². The number of methoxy groups -OCH3 is 1. The first kappa shape index (κ1) is 10.0. The molecule has 0 amide bonds. The van der Waals surface area contributed by atoms with Gasteiger partial charge in [-0.2, -0.15) is 0 Å². The molecule has 2 heteroatoms. The SMILES string of the molecule is COC1=N/C(C)=C(/C)CCC(C)=C1. The number of hydrogen-bond acceptors (Lipinski definition) is 2. The summed E-state index contributed by atoms with van der Waals surface area (Å²) >= 11 is 0. The Balaban J connectivity index is 3.01. The molecule has 0 atom stereocenters. The Bertz CT molecular complexity index is 284. The van der Waals surface area contributed by atoms with Crippen LogP contribution < -0.4 is 0 Å². The van der Waals surface area contributed by atoms with Crippen molar-refractivity contribution in [1.29, 1.82) is 0 Å². The van der Waals surface area contributed by atoms with Gasteiger partial charge >= 0.3 is 0 Å². The van der Waals surface area contributed by atoms with Gasteiger partial charge in [0.25, 0.3) is 0 Å². The fourth-order valence-corrected chi connectivity index (χ4v) is 1.25. The summed E-state index contributed by atoms with van der Waals surface area (Å²) in [7, 11) is 1.66. The van der Waals surface area contributed by atoms with E-state index in [0.717, 1.165) is 18.5 Å². The summed E-state index contributed by atoms with van der Waals surface area (Å²) in [5, 5.41) is 0. The average Bonchev–Trinajstić information content (AvgIpc) is 2.11. The van der Waals surface area contributed by atoms with Gasteiger partial charge in [0.2, 0.25) is 5.90 Å². The maximum Gasteiger partial charge on any atom is 0.213 e. The first-order valence-electron chi connectivity index (χ1n) is 4.59. The summed E-state index contributed by atoms with van der Waals surface area (Å²) in [5.41, 5.74) is 3.76. The molecule has 1 heterocycles. The zero-order valence-corrected chi connectivity index (χ0v) is 8.85. The van der Waals surface area contributed by atoms with E-state index in [-0.39, 0.29) is 0 Å². The van der Waals surface area contributed by atoms with Gasteiger partial charge < -0.3 is 4.74 Å². The molecule has 0 saturated carbocycles. The summed E-state index contributed by atoms with van der Waals surface area (Å²) in [6, 6.07) is 0. The van der Waals surface area contributed by atoms with Crippen molar-refractivity contribution in [3.8, 4) is 0 Å². The number of allylic oxidation sites excluding steroid dienone is 3. The second-order valence-electron chi connectivity index (χ2n) is 3.51. The van der Waals surface area contributed by atoms with Gasteiger partial charge in [0, 0.05) is 5.70 Å². The van der Waals surface area contributed by atoms with Gasteiger partial charge in [-0.1, -0.05) is 11.1 Å². The second kappa shape index (κ2) is 4.26. The molecule has 72 valence electrons. The monoisotopic (exact) mass is 179 g/mol. The van der Waals surface area contributed by atoms with Crippen molar-refractivity contribution >= 4 is 5.90 Å². The lowest BCUT2D eigenvalue weighted by Gasteiger charge is -2.10. The predicted octanol–water partition coefficient (Wildman–Crippen LogP) is 3.07. The minimum absolute atomic E-state index is 0.717. The third-order valence-corrected chi connectivity index (χ3v) is 2.37. The smallest absolute Gasteiger partial charge is 0.213 e. The van der Waals surface area contributed by atoms with Crippen LogP contribution in [0, 0.1) is 0 Å². The standard InChI is InChI=1S/C11H17NO/c1-8-5-6-9(2)10(3)12-11(7-8)13-4/h7H,5-6H2,1-4H3/b8-7?,10-9-,12-11?. The number of nitrogens with zero attached hydrogens (tertiary/aromatic N) is 1. The molecule has 0 aromatic carbocycles. The number of aliphatic imine (C=N–C) groups is 1. The topological polar surface area (TPSA) is 21.6 Å². The van der Waals surface area contributed by atoms with E-state index >= 15 is 0 Å². The first-order valence-corrected chi connectivity index (χ1v) is 4.59. The lowest BCUT2D eigenvalue weighted by molar-refractivity contribution is 0.405. The number of rotatable bonds is 0. The van der Waals surface area contributed by atoms with Crippen LogP contribution in [0.2, 0.25) is 0 Å². The highest BCUT2D eigenvalue weighted by Gasteiger charge is 2.04. The fourth-order valence-electron chi connectivity index (χ4n) is 1.25. The molecule has 0 N–H and O–H groups in total. The molecule has 0 aromatic heterocycles. The zero-order chi connectivity index (χ0) is 9.84. The van der Waals surface area contributed by atoms with E-state index in [1.54, 1.807) is 7.11 Å². The molecule has 0 unspecified atom stereocenters. The first-order chi connectivity index (χ1) is 6.13. The van der Waals surface area contributed by atoms with Crippen LogP contribution in [0.4, 0.5) is 0 Å². The van der Waals surface area contributed by atoms with E-state index in [1.165, 1.54) is 11.1 Å². The van der Waals surface area contributed by atoms with Crippen molar-refractivity contribution in [3.63, 3.8) is 0 Å². The highest BCUT2D eigenvalue weighted by atomic mass is 16.5. The van der Waals surface area contributed by atoms with Crippen LogP contribution >= 0.6 is 0 Å². The summed E-state index contributed by atoms with van der Waals surface area (Å²) in [4.78, 5) is 4.38. The van der Waals surface area contributed by atoms with E-state index in [2.05, 4.69) is 18.8 Å². The van der Waals surface area contributed by atoms with E-state index in [9.17, 15) is 0 Å². The van der Waals surface area contributed by atoms with Crippen molar-refractivity contribution in [2.75, 3.05) is 7.11 Å². The van der Waals surface area contributed by atoms with Gasteiger partial charge in [0.1, 0.15) is 0 Å². The van der Waals surface area contributed by atoms with Gasteiger partial charge in [-0.25, -0.2) is 4.99 Å². The molecule has 1 rings (SSSR count). The number of ether oxygens (including phenoxy) is 1. The summed E-state index contributed by atoms with van der Waals surface area (Å²) in [6.07, 6.45) is 4.22. The van der Waals surface area contributed by atoms with Gasteiger partial charge in [0.15, 0.2) is 0 Å². The van der Waals surface area contributed by atoms with E-state index in [4.69, 9.17) is 4.74 Å². The fraction of sp³-hybridized carbons (Fsp3) is 0.545. The predicted molar refractivity (Wildman–Crippen MR) is 55.8 cm³/mol. The molecule has 0 bridgehead atoms. The molecular formula is C11H17NO. The van der Waals surface area contributed by atoms with Crippen molar-refractivity contribution in [3.05, 3.63) is 22.9 Å². The van der Waals surface area contributed by atoms with Gasteiger partial charge in [-0.15, -0.1) is 0 Å². The van der Waals surface area contributed by atoms with Crippen LogP contribution in [0.1, 0.15) is 33.6 Å². The summed E-state index contributed by atoms with van der Waals surface area (Å²) < 4.78 is 5.16. The quantitative estimate of drug-likeness (QED) is 0.560. The Morgan fingerprint density at radius 1 is 1.23 bits per heavy atom. The highest BCUT2D eigenvalue weighted by molar-refractivity contribution is 5.89. The van der Waals surface area contributed by atoms with Crippen LogP contribution in [0.15, 0.2) is 27.9 Å². The molecule has 0 fully saturated rings. The second-order valence-corrected chi connectivity index (χ2v) is 3.51. The molecule has 0 aromatic rings. The van der Waals surface area contributed by atoms with Gasteiger partial charge in [-0.05, 0) is 39.7 Å². The van der Waals surface area contributed by atoms with Crippen molar-refractivity contribution in [2.45, 2.75) is 33.6 Å². The van der Waals surface area contributed by atoms with E-state index in [0.29, 0.717) is 5.90 Å². The van der Waals surface area contributed by atoms with E-state index < -0.39 is 0 Å². The zero-order valence-electron chi connectivity index (χ0n) is 8.85. The Kier molecular flexibility index (Phi) is 3.29. The number of hydrogen-bond donors (Lipinski definition) is 0. The minimum Gasteiger partial charge on any atom is -0.481 e. The largest absolute Gasteiger partial charge is 0.481 e. The van der Waals surface area contributed by atoms with E-state index in [1.807, 2.05) is 13.0 Å². The van der Waals surface area contributed by atoms with Crippen LogP contribution in [0.25, 0.3) is 0 Å². The van der Waals surface area contributed by atoms with Crippen LogP contribution in [-0.2, 0) is 4.74 Å². The Hall–Kier alpha value is -1.05. The molecular weight excluding hydrogens is 162 g/mol. The van der Waals surface area contributed by atoms with Crippen LogP contribution in [0.5, 0.6) is 0 Å². The molecule has 1 aliphatic rings. The summed E-state index contributed by atoms with van der Waals surface area (Å²) in [5.74, 6) is 0.717. The lowest BCUT2D eigenvalue weighted by Crippen LogP contribution is -2.01. The van der Waals surface area contributed by atoms with Gasteiger partial charge in [-0.3, -0.25) is 0 Å². The average molecular weight is 179 g/mol. The molecule has 13 heavy (non-hydrogen) atoms. The molecule has 0 saturated heterocycles. The van der Waals surface area contributed by atoms with Gasteiger partial charge in [0.05, 0.1) is 7.11 Å². The van der Waals surface area contributed by atoms with Crippen molar-refractivity contribution in [2.24, 2.45) is 4.99 Å². The molecule has 0 aliphatic carbocycles. The molecule has 1 aliphatic heterocycles. The molecule has 2 nitrogen and oxygen atoms in total. The van der Waals surface area contributed by atoms with Crippen LogP contribution in [-0.4, -0.2) is 13.0 Å². The third kappa shape index (κ3) is 2.72. The maximum atomic E-state index is 5.16. The third-order valence-electron chi connectivity index (χ3n) is 2.37. The van der Waals surface area contributed by atoms with Crippen molar-refractivity contribution in [1.82, 2.24) is 0 Å². The summed E-state index contributed by atoms with van der Waals surface area (Å²) in [6.45, 7) is 6.27. The normalized spacial score (nSPS) is 24.3. The minimum atomic E-state index is 0.717. The Morgan fingerprint density at radius 3 is 2.54 bits per heavy atom. The van der Waals surface area contributed by atoms with Crippen LogP contribution in [0.3, 0.4) is 0 Å². The highest BCUT2D eigenvalue weighted by Crippen LogP contribution is 2.18. The lowest BCUT2D eigenvalue weighted by atomic mass is 10.0. The molecule has 0 spiro atoms. The molecule has 0 radical (unpaired) electrons. The Morgan fingerprint density at radius 2 is 1.92 bits per heavy atom. The maximum absolute atomic E-state index is 5.16. The Labute approximate surface area is 80.0 Å².